The van der Waals surface area contributed by atoms with Crippen molar-refractivity contribution in [1.29, 1.82) is 0 Å². The van der Waals surface area contributed by atoms with Gasteiger partial charge in [-0.2, -0.15) is 0 Å². The molecule has 0 aromatic heterocycles. The van der Waals surface area contributed by atoms with E-state index in [0.29, 0.717) is 0 Å². The van der Waals surface area contributed by atoms with Gasteiger partial charge in [0.05, 0.1) is 0 Å². The molecule has 0 aromatic rings. The molecule has 6 nitrogen and oxygen atoms in total. The van der Waals surface area contributed by atoms with E-state index in [1.54, 1.807) is 6.92 Å². The number of amides is 3. The lowest BCUT2D eigenvalue weighted by molar-refractivity contribution is -0.152. The molecule has 88 valence electrons. The van der Waals surface area contributed by atoms with Gasteiger partial charge in [-0.25, -0.2) is 4.79 Å². The fourth-order valence-corrected chi connectivity index (χ4v) is 1.83. The van der Waals surface area contributed by atoms with Gasteiger partial charge in [-0.15, -0.1) is 6.58 Å². The monoisotopic (exact) mass is 226 g/mol. The van der Waals surface area contributed by atoms with Gasteiger partial charge in [0, 0.05) is 6.42 Å². The SMILES string of the molecule is C=CCC1(C(=O)NC(N)=O)CC(C)OC1=O. The quantitative estimate of drug-likeness (QED) is 0.404. The highest BCUT2D eigenvalue weighted by molar-refractivity contribution is 6.09. The van der Waals surface area contributed by atoms with E-state index in [9.17, 15) is 14.4 Å². The molecule has 0 spiro atoms. The van der Waals surface area contributed by atoms with E-state index in [1.165, 1.54) is 6.08 Å². The van der Waals surface area contributed by atoms with Crippen LogP contribution in [-0.2, 0) is 14.3 Å². The Morgan fingerprint density at radius 1 is 1.75 bits per heavy atom. The van der Waals surface area contributed by atoms with Crippen LogP contribution in [0.4, 0.5) is 4.79 Å². The number of hydrogen-bond acceptors (Lipinski definition) is 4. The lowest BCUT2D eigenvalue weighted by Crippen LogP contribution is -2.48. The summed E-state index contributed by atoms with van der Waals surface area (Å²) in [5, 5.41) is 1.91. The molecule has 0 bridgehead atoms. The van der Waals surface area contributed by atoms with Crippen molar-refractivity contribution in [3.63, 3.8) is 0 Å². The van der Waals surface area contributed by atoms with Crippen molar-refractivity contribution < 1.29 is 19.1 Å². The van der Waals surface area contributed by atoms with Crippen LogP contribution in [0.2, 0.25) is 0 Å². The number of nitrogens with one attached hydrogen (secondary N) is 1. The third kappa shape index (κ3) is 2.05. The van der Waals surface area contributed by atoms with Crippen LogP contribution in [0, 0.1) is 5.41 Å². The first-order chi connectivity index (χ1) is 7.42. The maximum atomic E-state index is 11.8. The molecule has 2 atom stereocenters. The lowest BCUT2D eigenvalue weighted by atomic mass is 9.80. The largest absolute Gasteiger partial charge is 0.462 e. The van der Waals surface area contributed by atoms with Crippen LogP contribution in [-0.4, -0.2) is 24.0 Å². The fourth-order valence-electron chi connectivity index (χ4n) is 1.83. The summed E-state index contributed by atoms with van der Waals surface area (Å²) in [5.74, 6) is -1.37. The Morgan fingerprint density at radius 2 is 2.38 bits per heavy atom. The molecule has 0 aliphatic carbocycles. The number of rotatable bonds is 3. The molecular formula is C10H14N2O4. The minimum Gasteiger partial charge on any atom is -0.462 e. The molecule has 0 saturated carbocycles. The number of primary amides is 1. The van der Waals surface area contributed by atoms with Gasteiger partial charge in [0.1, 0.15) is 6.10 Å². The van der Waals surface area contributed by atoms with Gasteiger partial charge < -0.3 is 10.5 Å². The average Bonchev–Trinajstić information content (AvgIpc) is 2.42. The van der Waals surface area contributed by atoms with Gasteiger partial charge in [-0.05, 0) is 13.3 Å². The third-order valence-corrected chi connectivity index (χ3v) is 2.50. The highest BCUT2D eigenvalue weighted by Crippen LogP contribution is 2.37. The summed E-state index contributed by atoms with van der Waals surface area (Å²) in [4.78, 5) is 34.0. The smallest absolute Gasteiger partial charge is 0.322 e. The molecule has 16 heavy (non-hydrogen) atoms. The highest BCUT2D eigenvalue weighted by atomic mass is 16.6. The number of esters is 1. The standard InChI is InChI=1S/C10H14N2O4/c1-3-4-10(7(13)12-9(11)15)5-6(2)16-8(10)14/h3,6H,1,4-5H2,2H3,(H3,11,12,13,15). The second-order valence-corrected chi connectivity index (χ2v) is 3.81. The van der Waals surface area contributed by atoms with E-state index in [-0.39, 0.29) is 18.9 Å². The molecule has 2 unspecified atom stereocenters. The second-order valence-electron chi connectivity index (χ2n) is 3.81. The van der Waals surface area contributed by atoms with Crippen LogP contribution < -0.4 is 11.1 Å². The summed E-state index contributed by atoms with van der Waals surface area (Å²) in [5.41, 5.74) is 3.48. The van der Waals surface area contributed by atoms with E-state index in [4.69, 9.17) is 10.5 Å². The van der Waals surface area contributed by atoms with Crippen LogP contribution in [0.15, 0.2) is 12.7 Å². The van der Waals surface area contributed by atoms with Crippen molar-refractivity contribution >= 4 is 17.9 Å². The highest BCUT2D eigenvalue weighted by Gasteiger charge is 2.53. The van der Waals surface area contributed by atoms with Crippen molar-refractivity contribution in [2.45, 2.75) is 25.9 Å². The number of ether oxygens (including phenoxy) is 1. The topological polar surface area (TPSA) is 98.5 Å². The predicted octanol–water partition coefficient (Wildman–Crippen LogP) is 0.0792. The molecule has 3 amide bonds. The Hall–Kier alpha value is -1.85. The maximum Gasteiger partial charge on any atom is 0.322 e. The molecular weight excluding hydrogens is 212 g/mol. The molecule has 6 heteroatoms. The summed E-state index contributed by atoms with van der Waals surface area (Å²) >= 11 is 0. The van der Waals surface area contributed by atoms with Gasteiger partial charge in [0.15, 0.2) is 5.41 Å². The van der Waals surface area contributed by atoms with E-state index in [0.717, 1.165) is 0 Å². The Kier molecular flexibility index (Phi) is 3.31. The number of carbonyl (C=O) groups is 3. The zero-order chi connectivity index (χ0) is 12.3. The Labute approximate surface area is 92.8 Å². The van der Waals surface area contributed by atoms with Crippen molar-refractivity contribution in [2.24, 2.45) is 11.1 Å². The van der Waals surface area contributed by atoms with Crippen molar-refractivity contribution in [2.75, 3.05) is 0 Å². The first kappa shape index (κ1) is 12.2. The maximum absolute atomic E-state index is 11.8. The normalized spacial score (nSPS) is 28.3. The first-order valence-electron chi connectivity index (χ1n) is 4.85. The lowest BCUT2D eigenvalue weighted by Gasteiger charge is -2.20. The van der Waals surface area contributed by atoms with Gasteiger partial charge in [0.25, 0.3) is 0 Å². The van der Waals surface area contributed by atoms with E-state index in [1.807, 2.05) is 5.32 Å². The Balaban J connectivity index is 2.97. The average molecular weight is 226 g/mol. The van der Waals surface area contributed by atoms with Gasteiger partial charge >= 0.3 is 12.0 Å². The first-order valence-corrected chi connectivity index (χ1v) is 4.85. The van der Waals surface area contributed by atoms with Gasteiger partial charge in [-0.3, -0.25) is 14.9 Å². The second kappa shape index (κ2) is 4.34. The van der Waals surface area contributed by atoms with Crippen LogP contribution in [0.1, 0.15) is 19.8 Å². The molecule has 1 aliphatic heterocycles. The summed E-state index contributed by atoms with van der Waals surface area (Å²) in [7, 11) is 0. The number of imide groups is 1. The van der Waals surface area contributed by atoms with Crippen LogP contribution >= 0.6 is 0 Å². The number of urea groups is 1. The minimum absolute atomic E-state index is 0.120. The number of cyclic esters (lactones) is 1. The zero-order valence-electron chi connectivity index (χ0n) is 8.99. The molecule has 1 rings (SSSR count). The summed E-state index contributed by atoms with van der Waals surface area (Å²) < 4.78 is 4.93. The van der Waals surface area contributed by atoms with Gasteiger partial charge in [0.2, 0.25) is 5.91 Å². The summed E-state index contributed by atoms with van der Waals surface area (Å²) in [6.07, 6.45) is 1.43. The number of hydrogen-bond donors (Lipinski definition) is 2. The zero-order valence-corrected chi connectivity index (χ0v) is 8.99. The van der Waals surface area contributed by atoms with E-state index >= 15 is 0 Å². The number of nitrogens with two attached hydrogens (primary N) is 1. The molecule has 1 heterocycles. The summed E-state index contributed by atoms with van der Waals surface area (Å²) in [6.45, 7) is 5.17. The molecule has 1 saturated heterocycles. The molecule has 1 aliphatic rings. The molecule has 0 aromatic carbocycles. The Morgan fingerprint density at radius 3 is 2.75 bits per heavy atom. The molecule has 1 fully saturated rings. The van der Waals surface area contributed by atoms with Crippen molar-refractivity contribution in [3.05, 3.63) is 12.7 Å². The number of carbonyl (C=O) groups excluding carboxylic acids is 3. The van der Waals surface area contributed by atoms with E-state index < -0.39 is 23.3 Å². The van der Waals surface area contributed by atoms with Gasteiger partial charge in [-0.1, -0.05) is 6.08 Å². The van der Waals surface area contributed by atoms with Crippen molar-refractivity contribution in [3.8, 4) is 0 Å². The summed E-state index contributed by atoms with van der Waals surface area (Å²) in [6, 6.07) is -0.985. The third-order valence-electron chi connectivity index (χ3n) is 2.50. The Bertz CT molecular complexity index is 353. The van der Waals surface area contributed by atoms with E-state index in [2.05, 4.69) is 6.58 Å². The van der Waals surface area contributed by atoms with Crippen LogP contribution in [0.5, 0.6) is 0 Å². The number of allylic oxidation sites excluding steroid dienone is 1. The van der Waals surface area contributed by atoms with Crippen molar-refractivity contribution in [1.82, 2.24) is 5.32 Å². The molecule has 0 radical (unpaired) electrons. The fraction of sp³-hybridized carbons (Fsp3) is 0.500. The van der Waals surface area contributed by atoms with Crippen LogP contribution in [0.25, 0.3) is 0 Å². The molecule has 3 N–H and O–H groups in total. The minimum atomic E-state index is -1.36. The van der Waals surface area contributed by atoms with Crippen LogP contribution in [0.3, 0.4) is 0 Å². The predicted molar refractivity (Wildman–Crippen MR) is 55.1 cm³/mol.